The van der Waals surface area contributed by atoms with E-state index in [-0.39, 0.29) is 11.8 Å². The molecule has 0 bridgehead atoms. The Labute approximate surface area is 207 Å². The van der Waals surface area contributed by atoms with Crippen molar-refractivity contribution in [3.8, 4) is 5.75 Å². The fourth-order valence-electron chi connectivity index (χ4n) is 4.57. The smallest absolute Gasteiger partial charge is 0.245 e. The van der Waals surface area contributed by atoms with Crippen LogP contribution in [0.1, 0.15) is 83.1 Å². The fraction of sp³-hybridized carbons (Fsp3) is 0.692. The lowest BCUT2D eigenvalue weighted by molar-refractivity contribution is -0.136. The number of benzene rings is 1. The molecule has 3 rings (SSSR count). The molecule has 0 radical (unpaired) electrons. The molecule has 1 saturated carbocycles. The summed E-state index contributed by atoms with van der Waals surface area (Å²) < 4.78 is 6.11. The maximum atomic E-state index is 13.1. The van der Waals surface area contributed by atoms with Crippen LogP contribution >= 0.6 is 21.6 Å². The Bertz CT molecular complexity index is 749. The van der Waals surface area contributed by atoms with E-state index in [2.05, 4.69) is 5.32 Å². The van der Waals surface area contributed by atoms with E-state index in [9.17, 15) is 9.59 Å². The predicted octanol–water partition coefficient (Wildman–Crippen LogP) is 5.97. The molecule has 1 saturated heterocycles. The van der Waals surface area contributed by atoms with Gasteiger partial charge in [-0.1, -0.05) is 53.5 Å². The van der Waals surface area contributed by atoms with Crippen molar-refractivity contribution < 1.29 is 14.3 Å². The zero-order valence-corrected chi connectivity index (χ0v) is 21.9. The highest BCUT2D eigenvalue weighted by atomic mass is 33.1. The van der Waals surface area contributed by atoms with Gasteiger partial charge in [-0.25, -0.2) is 0 Å². The van der Waals surface area contributed by atoms with Gasteiger partial charge in [0.05, 0.1) is 6.10 Å². The first-order chi connectivity index (χ1) is 16.0. The minimum absolute atomic E-state index is 0.00406. The number of unbranched alkanes of at least 4 members (excludes halogenated alkanes) is 1. The molecule has 1 heterocycles. The van der Waals surface area contributed by atoms with Gasteiger partial charge in [0.25, 0.3) is 0 Å². The Morgan fingerprint density at radius 3 is 2.76 bits per heavy atom. The van der Waals surface area contributed by atoms with Crippen LogP contribution in [-0.2, 0) is 16.1 Å². The van der Waals surface area contributed by atoms with Gasteiger partial charge in [-0.2, -0.15) is 0 Å². The number of likely N-dealkylation sites (N-methyl/N-ethyl adjacent to an activating group) is 1. The van der Waals surface area contributed by atoms with Crippen LogP contribution in [0.15, 0.2) is 24.3 Å². The zero-order valence-electron chi connectivity index (χ0n) is 20.2. The summed E-state index contributed by atoms with van der Waals surface area (Å²) >= 11 is 0. The Kier molecular flexibility index (Phi) is 11.3. The van der Waals surface area contributed by atoms with Crippen LogP contribution in [0.2, 0.25) is 0 Å². The Balaban J connectivity index is 1.44. The normalized spacial score (nSPS) is 19.4. The molecule has 1 aromatic carbocycles. The van der Waals surface area contributed by atoms with Gasteiger partial charge in [0.1, 0.15) is 11.8 Å². The van der Waals surface area contributed by atoms with Gasteiger partial charge in [0, 0.05) is 31.0 Å². The molecule has 2 atom stereocenters. The summed E-state index contributed by atoms with van der Waals surface area (Å²) in [6.45, 7) is 2.56. The highest BCUT2D eigenvalue weighted by Gasteiger charge is 2.24. The highest BCUT2D eigenvalue weighted by molar-refractivity contribution is 8.77. The molecule has 184 valence electrons. The summed E-state index contributed by atoms with van der Waals surface area (Å²) in [6.07, 6.45) is 11.5. The van der Waals surface area contributed by atoms with E-state index in [0.717, 1.165) is 48.7 Å². The zero-order chi connectivity index (χ0) is 23.5. The number of amides is 2. The molecule has 1 N–H and O–H groups in total. The van der Waals surface area contributed by atoms with E-state index in [1.807, 2.05) is 59.8 Å². The molecule has 2 aliphatic rings. The lowest BCUT2D eigenvalue weighted by atomic mass is 10.1. The van der Waals surface area contributed by atoms with Gasteiger partial charge in [0.15, 0.2) is 0 Å². The third-order valence-electron chi connectivity index (χ3n) is 6.42. The first kappa shape index (κ1) is 26.3. The number of nitrogens with one attached hydrogen (secondary N) is 1. The lowest BCUT2D eigenvalue weighted by Crippen LogP contribution is -2.47. The summed E-state index contributed by atoms with van der Waals surface area (Å²) in [6, 6.07) is 7.60. The fourth-order valence-corrected chi connectivity index (χ4v) is 7.60. The number of hydrogen-bond acceptors (Lipinski definition) is 5. The molecular formula is C26H40N2O3S2. The van der Waals surface area contributed by atoms with Crippen LogP contribution in [0.3, 0.4) is 0 Å². The maximum Gasteiger partial charge on any atom is 0.245 e. The van der Waals surface area contributed by atoms with E-state index < -0.39 is 6.04 Å². The number of nitrogens with zero attached hydrogens (tertiary/aromatic N) is 1. The average Bonchev–Trinajstić information content (AvgIpc) is 3.50. The average molecular weight is 493 g/mol. The summed E-state index contributed by atoms with van der Waals surface area (Å²) in [4.78, 5) is 27.4. The van der Waals surface area contributed by atoms with E-state index in [1.54, 1.807) is 4.90 Å². The second-order valence-corrected chi connectivity index (χ2v) is 12.1. The molecule has 0 spiro atoms. The Morgan fingerprint density at radius 2 is 2.03 bits per heavy atom. The van der Waals surface area contributed by atoms with Crippen molar-refractivity contribution in [1.29, 1.82) is 0 Å². The minimum Gasteiger partial charge on any atom is -0.490 e. The molecule has 1 aliphatic heterocycles. The second kappa shape index (κ2) is 14.1. The summed E-state index contributed by atoms with van der Waals surface area (Å²) in [5, 5.41) is 3.76. The SMILES string of the molecule is CCCC(NC(=O)CCCCC1CCSS1)C(=O)N(C)Cc1cccc(OC2CCCC2)c1. The number of ether oxygens (including phenoxy) is 1. The first-order valence-corrected chi connectivity index (χ1v) is 15.0. The van der Waals surface area contributed by atoms with Crippen molar-refractivity contribution in [2.24, 2.45) is 0 Å². The number of hydrogen-bond donors (Lipinski definition) is 1. The quantitative estimate of drug-likeness (QED) is 0.272. The molecule has 2 fully saturated rings. The van der Waals surface area contributed by atoms with Crippen molar-refractivity contribution in [2.75, 3.05) is 12.8 Å². The molecule has 2 unspecified atom stereocenters. The van der Waals surface area contributed by atoms with Crippen molar-refractivity contribution >= 4 is 33.4 Å². The van der Waals surface area contributed by atoms with Crippen LogP contribution in [0, 0.1) is 0 Å². The summed E-state index contributed by atoms with van der Waals surface area (Å²) in [7, 11) is 5.77. The second-order valence-electron chi connectivity index (χ2n) is 9.35. The van der Waals surface area contributed by atoms with Crippen molar-refractivity contribution in [1.82, 2.24) is 10.2 Å². The van der Waals surface area contributed by atoms with Gasteiger partial charge < -0.3 is 15.0 Å². The first-order valence-electron chi connectivity index (χ1n) is 12.6. The molecular weight excluding hydrogens is 452 g/mol. The molecule has 1 aliphatic carbocycles. The van der Waals surface area contributed by atoms with Gasteiger partial charge in [-0.15, -0.1) is 0 Å². The minimum atomic E-state index is -0.452. The van der Waals surface area contributed by atoms with Gasteiger partial charge >= 0.3 is 0 Å². The molecule has 0 aromatic heterocycles. The van der Waals surface area contributed by atoms with Crippen LogP contribution < -0.4 is 10.1 Å². The van der Waals surface area contributed by atoms with E-state index in [4.69, 9.17) is 4.74 Å². The number of carbonyl (C=O) groups excluding carboxylic acids is 2. The van der Waals surface area contributed by atoms with Crippen molar-refractivity contribution in [3.05, 3.63) is 29.8 Å². The molecule has 7 heteroatoms. The monoisotopic (exact) mass is 492 g/mol. The summed E-state index contributed by atoms with van der Waals surface area (Å²) in [5.41, 5.74) is 1.05. The Hall–Kier alpha value is -1.34. The van der Waals surface area contributed by atoms with Crippen LogP contribution in [-0.4, -0.2) is 46.9 Å². The summed E-state index contributed by atoms with van der Waals surface area (Å²) in [5.74, 6) is 2.11. The largest absolute Gasteiger partial charge is 0.490 e. The number of carbonyl (C=O) groups is 2. The highest BCUT2D eigenvalue weighted by Crippen LogP contribution is 2.39. The van der Waals surface area contributed by atoms with Crippen molar-refractivity contribution in [2.45, 2.75) is 101 Å². The van der Waals surface area contributed by atoms with Crippen LogP contribution in [0.4, 0.5) is 0 Å². The maximum absolute atomic E-state index is 13.1. The molecule has 5 nitrogen and oxygen atoms in total. The standard InChI is InChI=1S/C26H40N2O3S2/c1-3-9-24(27-25(29)15-7-6-14-23-16-17-32-33-23)26(30)28(2)19-20-10-8-13-22(18-20)31-21-11-4-5-12-21/h8,10,13,18,21,23-24H,3-7,9,11-12,14-17,19H2,1-2H3,(H,27,29). The third kappa shape index (κ3) is 9.08. The van der Waals surface area contributed by atoms with Crippen LogP contribution in [0.5, 0.6) is 5.75 Å². The third-order valence-corrected chi connectivity index (χ3v) is 9.42. The topological polar surface area (TPSA) is 58.6 Å². The van der Waals surface area contributed by atoms with Gasteiger partial charge in [-0.3, -0.25) is 9.59 Å². The molecule has 2 amide bonds. The molecule has 1 aromatic rings. The van der Waals surface area contributed by atoms with Crippen LogP contribution in [0.25, 0.3) is 0 Å². The van der Waals surface area contributed by atoms with Gasteiger partial charge in [-0.05, 0) is 69.1 Å². The predicted molar refractivity (Wildman–Crippen MR) is 140 cm³/mol. The van der Waals surface area contributed by atoms with Gasteiger partial charge in [0.2, 0.25) is 11.8 Å². The van der Waals surface area contributed by atoms with E-state index in [1.165, 1.54) is 31.4 Å². The Morgan fingerprint density at radius 1 is 1.21 bits per heavy atom. The van der Waals surface area contributed by atoms with E-state index >= 15 is 0 Å². The van der Waals surface area contributed by atoms with Crippen molar-refractivity contribution in [3.63, 3.8) is 0 Å². The number of rotatable bonds is 13. The van der Waals surface area contributed by atoms with E-state index in [0.29, 0.717) is 25.5 Å². The lowest BCUT2D eigenvalue weighted by Gasteiger charge is -2.25. The molecule has 33 heavy (non-hydrogen) atoms.